The van der Waals surface area contributed by atoms with Crippen LogP contribution in [0, 0.1) is 34.5 Å². The van der Waals surface area contributed by atoms with E-state index in [9.17, 15) is 10.1 Å². The van der Waals surface area contributed by atoms with Gasteiger partial charge in [0, 0.05) is 0 Å². The fraction of sp³-hybridized carbons (Fsp3) is 0.867. The van der Waals surface area contributed by atoms with Crippen LogP contribution in [0.25, 0.3) is 0 Å². The van der Waals surface area contributed by atoms with Crippen LogP contribution in [0.5, 0.6) is 0 Å². The summed E-state index contributed by atoms with van der Waals surface area (Å²) in [6, 6.07) is 2.26. The van der Waals surface area contributed by atoms with E-state index in [1.54, 1.807) is 6.92 Å². The SMILES string of the molecule is CCOC(=O)C(C#N)(CC(C)C)C(C)CC(C)C. The van der Waals surface area contributed by atoms with Gasteiger partial charge in [-0.05, 0) is 37.5 Å². The molecule has 2 unspecified atom stereocenters. The zero-order valence-corrected chi connectivity index (χ0v) is 12.6. The van der Waals surface area contributed by atoms with Crippen LogP contribution < -0.4 is 0 Å². The molecule has 0 amide bonds. The van der Waals surface area contributed by atoms with E-state index < -0.39 is 5.41 Å². The molecule has 0 saturated carbocycles. The Morgan fingerprint density at radius 3 is 2.11 bits per heavy atom. The highest BCUT2D eigenvalue weighted by Crippen LogP contribution is 2.39. The largest absolute Gasteiger partial charge is 0.465 e. The average molecular weight is 253 g/mol. The summed E-state index contributed by atoms with van der Waals surface area (Å²) in [7, 11) is 0. The topological polar surface area (TPSA) is 50.1 Å². The zero-order valence-electron chi connectivity index (χ0n) is 12.6. The molecular formula is C15H27NO2. The van der Waals surface area contributed by atoms with E-state index in [-0.39, 0.29) is 11.9 Å². The number of ether oxygens (including phenoxy) is 1. The van der Waals surface area contributed by atoms with E-state index in [1.165, 1.54) is 0 Å². The van der Waals surface area contributed by atoms with E-state index in [1.807, 2.05) is 20.8 Å². The van der Waals surface area contributed by atoms with Gasteiger partial charge in [-0.3, -0.25) is 4.79 Å². The Kier molecular flexibility index (Phi) is 6.98. The summed E-state index contributed by atoms with van der Waals surface area (Å²) < 4.78 is 5.14. The minimum Gasteiger partial charge on any atom is -0.465 e. The first-order chi connectivity index (χ1) is 8.30. The summed E-state index contributed by atoms with van der Waals surface area (Å²) in [5.41, 5.74) is -0.992. The molecule has 0 heterocycles. The van der Waals surface area contributed by atoms with Crippen molar-refractivity contribution >= 4 is 5.97 Å². The van der Waals surface area contributed by atoms with Gasteiger partial charge in [-0.25, -0.2) is 0 Å². The molecule has 0 N–H and O–H groups in total. The zero-order chi connectivity index (χ0) is 14.3. The molecule has 0 radical (unpaired) electrons. The highest BCUT2D eigenvalue weighted by molar-refractivity contribution is 5.80. The van der Waals surface area contributed by atoms with Crippen molar-refractivity contribution in [3.05, 3.63) is 0 Å². The van der Waals surface area contributed by atoms with Crippen LogP contribution >= 0.6 is 0 Å². The quantitative estimate of drug-likeness (QED) is 0.649. The third kappa shape index (κ3) is 4.33. The lowest BCUT2D eigenvalue weighted by atomic mass is 9.69. The standard InChI is InChI=1S/C15H27NO2/c1-7-18-14(17)15(10-16,9-12(4)5)13(6)8-11(2)3/h11-13H,7-9H2,1-6H3. The molecule has 3 heteroatoms. The first-order valence-electron chi connectivity index (χ1n) is 6.88. The monoisotopic (exact) mass is 253 g/mol. The number of nitrogens with zero attached hydrogens (tertiary/aromatic N) is 1. The van der Waals surface area contributed by atoms with Gasteiger partial charge >= 0.3 is 5.97 Å². The second kappa shape index (κ2) is 7.41. The van der Waals surface area contributed by atoms with Crippen molar-refractivity contribution in [1.82, 2.24) is 0 Å². The summed E-state index contributed by atoms with van der Waals surface area (Å²) in [5.74, 6) is 0.427. The van der Waals surface area contributed by atoms with E-state index in [0.29, 0.717) is 24.9 Å². The molecule has 2 atom stereocenters. The molecule has 0 aromatic carbocycles. The van der Waals surface area contributed by atoms with Crippen molar-refractivity contribution in [2.75, 3.05) is 6.61 Å². The van der Waals surface area contributed by atoms with E-state index in [2.05, 4.69) is 19.9 Å². The van der Waals surface area contributed by atoms with E-state index >= 15 is 0 Å². The number of nitriles is 1. The summed E-state index contributed by atoms with van der Waals surface area (Å²) in [6.45, 7) is 12.4. The number of esters is 1. The third-order valence-electron chi connectivity index (χ3n) is 3.24. The van der Waals surface area contributed by atoms with Crippen molar-refractivity contribution in [1.29, 1.82) is 5.26 Å². The Hall–Kier alpha value is -1.04. The van der Waals surface area contributed by atoms with Crippen LogP contribution in [0.3, 0.4) is 0 Å². The maximum Gasteiger partial charge on any atom is 0.326 e. The lowest BCUT2D eigenvalue weighted by Gasteiger charge is -2.32. The van der Waals surface area contributed by atoms with Gasteiger partial charge in [0.1, 0.15) is 0 Å². The summed E-state index contributed by atoms with van der Waals surface area (Å²) in [6.07, 6.45) is 1.43. The Bertz CT molecular complexity index is 304. The number of carbonyl (C=O) groups is 1. The highest BCUT2D eigenvalue weighted by Gasteiger charge is 2.45. The van der Waals surface area contributed by atoms with Crippen molar-refractivity contribution in [3.63, 3.8) is 0 Å². The minimum atomic E-state index is -0.992. The molecule has 0 aromatic heterocycles. The van der Waals surface area contributed by atoms with Gasteiger partial charge in [0.2, 0.25) is 0 Å². The van der Waals surface area contributed by atoms with Crippen molar-refractivity contribution < 1.29 is 9.53 Å². The number of rotatable bonds is 7. The van der Waals surface area contributed by atoms with Crippen LogP contribution in [0.4, 0.5) is 0 Å². The molecule has 0 aromatic rings. The molecule has 0 aliphatic rings. The predicted octanol–water partition coefficient (Wildman–Crippen LogP) is 3.79. The molecule has 18 heavy (non-hydrogen) atoms. The van der Waals surface area contributed by atoms with Crippen LogP contribution in [0.1, 0.15) is 54.4 Å². The Morgan fingerprint density at radius 2 is 1.78 bits per heavy atom. The van der Waals surface area contributed by atoms with Gasteiger partial charge in [0.05, 0.1) is 12.7 Å². The summed E-state index contributed by atoms with van der Waals surface area (Å²) >= 11 is 0. The molecule has 0 spiro atoms. The third-order valence-corrected chi connectivity index (χ3v) is 3.24. The fourth-order valence-corrected chi connectivity index (χ4v) is 2.50. The number of carbonyl (C=O) groups excluding carboxylic acids is 1. The van der Waals surface area contributed by atoms with Crippen LogP contribution in [-0.4, -0.2) is 12.6 Å². The average Bonchev–Trinajstić information content (AvgIpc) is 2.24. The Morgan fingerprint density at radius 1 is 1.22 bits per heavy atom. The van der Waals surface area contributed by atoms with Gasteiger partial charge in [-0.15, -0.1) is 0 Å². The minimum absolute atomic E-state index is 0.0175. The first kappa shape index (κ1) is 17.0. The van der Waals surface area contributed by atoms with Gasteiger partial charge in [-0.2, -0.15) is 5.26 Å². The molecule has 0 aliphatic heterocycles. The fourth-order valence-electron chi connectivity index (χ4n) is 2.50. The first-order valence-corrected chi connectivity index (χ1v) is 6.88. The maximum absolute atomic E-state index is 12.2. The van der Waals surface area contributed by atoms with Gasteiger partial charge < -0.3 is 4.74 Å². The normalized spacial score (nSPS) is 16.2. The Labute approximate surface area is 112 Å². The molecule has 0 aliphatic carbocycles. The molecule has 0 rings (SSSR count). The molecule has 0 bridgehead atoms. The lowest BCUT2D eigenvalue weighted by Crippen LogP contribution is -2.39. The molecule has 3 nitrogen and oxygen atoms in total. The number of hydrogen-bond donors (Lipinski definition) is 0. The second-order valence-electron chi connectivity index (χ2n) is 5.93. The second-order valence-corrected chi connectivity index (χ2v) is 5.93. The molecule has 104 valence electrons. The van der Waals surface area contributed by atoms with E-state index in [0.717, 1.165) is 6.42 Å². The van der Waals surface area contributed by atoms with Gasteiger partial charge in [0.15, 0.2) is 5.41 Å². The maximum atomic E-state index is 12.2. The molecular weight excluding hydrogens is 226 g/mol. The van der Waals surface area contributed by atoms with Crippen molar-refractivity contribution in [2.24, 2.45) is 23.2 Å². The van der Waals surface area contributed by atoms with Crippen molar-refractivity contribution in [2.45, 2.75) is 54.4 Å². The number of hydrogen-bond acceptors (Lipinski definition) is 3. The van der Waals surface area contributed by atoms with Crippen LogP contribution in [0.15, 0.2) is 0 Å². The van der Waals surface area contributed by atoms with Crippen molar-refractivity contribution in [3.8, 4) is 6.07 Å². The predicted molar refractivity (Wildman–Crippen MR) is 72.8 cm³/mol. The Balaban J connectivity index is 5.22. The van der Waals surface area contributed by atoms with Crippen LogP contribution in [0.2, 0.25) is 0 Å². The molecule has 0 saturated heterocycles. The van der Waals surface area contributed by atoms with Gasteiger partial charge in [0.25, 0.3) is 0 Å². The smallest absolute Gasteiger partial charge is 0.326 e. The van der Waals surface area contributed by atoms with E-state index in [4.69, 9.17) is 4.74 Å². The van der Waals surface area contributed by atoms with Crippen LogP contribution in [-0.2, 0) is 9.53 Å². The lowest BCUT2D eigenvalue weighted by molar-refractivity contribution is -0.156. The van der Waals surface area contributed by atoms with Gasteiger partial charge in [-0.1, -0.05) is 34.6 Å². The summed E-state index contributed by atoms with van der Waals surface area (Å²) in [5, 5.41) is 9.55. The molecule has 0 fully saturated rings. The summed E-state index contributed by atoms with van der Waals surface area (Å²) in [4.78, 5) is 12.2. The highest BCUT2D eigenvalue weighted by atomic mass is 16.5.